The summed E-state index contributed by atoms with van der Waals surface area (Å²) in [4.78, 5) is 27.0. The number of ether oxygens (including phenoxy) is 1. The summed E-state index contributed by atoms with van der Waals surface area (Å²) < 4.78 is 5.66. The van der Waals surface area contributed by atoms with Crippen LogP contribution in [0.25, 0.3) is 0 Å². The number of carbonyl (C=O) groups excluding carboxylic acids is 2. The zero-order valence-corrected chi connectivity index (χ0v) is 17.8. The third-order valence-corrected chi connectivity index (χ3v) is 4.74. The van der Waals surface area contributed by atoms with Crippen LogP contribution in [-0.2, 0) is 16.1 Å². The first-order valence-corrected chi connectivity index (χ1v) is 10.4. The van der Waals surface area contributed by atoms with Crippen LogP contribution < -0.4 is 10.1 Å². The minimum Gasteiger partial charge on any atom is -0.494 e. The standard InChI is InChI=1S/C23H29ClN2O3/c1-3-14-25-23(28)18(2)26(17-19-9-7-10-20(24)16-19)22(27)13-8-15-29-21-11-5-4-6-12-21/h4-7,9-12,16,18H,3,8,13-15,17H2,1-2H3,(H,25,28)/t18-/m0/s1. The highest BCUT2D eigenvalue weighted by Crippen LogP contribution is 2.16. The largest absolute Gasteiger partial charge is 0.494 e. The van der Waals surface area contributed by atoms with Crippen LogP contribution in [0.4, 0.5) is 0 Å². The quantitative estimate of drug-likeness (QED) is 0.551. The molecule has 2 aromatic carbocycles. The van der Waals surface area contributed by atoms with Crippen molar-refractivity contribution in [1.82, 2.24) is 10.2 Å². The van der Waals surface area contributed by atoms with Crippen LogP contribution >= 0.6 is 11.6 Å². The predicted octanol–water partition coefficient (Wildman–Crippen LogP) is 4.44. The normalized spacial score (nSPS) is 11.6. The summed E-state index contributed by atoms with van der Waals surface area (Å²) in [5, 5.41) is 3.48. The van der Waals surface area contributed by atoms with Crippen LogP contribution in [-0.4, -0.2) is 35.9 Å². The Hall–Kier alpha value is -2.53. The van der Waals surface area contributed by atoms with E-state index in [9.17, 15) is 9.59 Å². The van der Waals surface area contributed by atoms with Crippen molar-refractivity contribution < 1.29 is 14.3 Å². The Morgan fingerprint density at radius 2 is 1.90 bits per heavy atom. The molecular formula is C23H29ClN2O3. The number of hydrogen-bond acceptors (Lipinski definition) is 3. The van der Waals surface area contributed by atoms with Crippen molar-refractivity contribution in [3.63, 3.8) is 0 Å². The Balaban J connectivity index is 1.98. The second kappa shape index (κ2) is 12.1. The van der Waals surface area contributed by atoms with Gasteiger partial charge in [0.2, 0.25) is 11.8 Å². The van der Waals surface area contributed by atoms with E-state index in [4.69, 9.17) is 16.3 Å². The Morgan fingerprint density at radius 1 is 1.14 bits per heavy atom. The molecule has 0 fully saturated rings. The molecule has 0 unspecified atom stereocenters. The average molecular weight is 417 g/mol. The van der Waals surface area contributed by atoms with Crippen molar-refractivity contribution in [1.29, 1.82) is 0 Å². The van der Waals surface area contributed by atoms with Crippen LogP contribution in [0.5, 0.6) is 5.75 Å². The minimum absolute atomic E-state index is 0.0826. The molecule has 6 heteroatoms. The number of nitrogens with one attached hydrogen (secondary N) is 1. The molecule has 1 N–H and O–H groups in total. The Bertz CT molecular complexity index is 783. The van der Waals surface area contributed by atoms with Gasteiger partial charge in [0, 0.05) is 24.5 Å². The van der Waals surface area contributed by atoms with Gasteiger partial charge in [0.05, 0.1) is 6.61 Å². The van der Waals surface area contributed by atoms with E-state index < -0.39 is 6.04 Å². The molecule has 1 atom stereocenters. The van der Waals surface area contributed by atoms with Gasteiger partial charge in [-0.3, -0.25) is 9.59 Å². The molecule has 0 heterocycles. The summed E-state index contributed by atoms with van der Waals surface area (Å²) in [6.07, 6.45) is 1.72. The molecule has 2 rings (SSSR count). The topological polar surface area (TPSA) is 58.6 Å². The third kappa shape index (κ3) is 7.78. The molecule has 29 heavy (non-hydrogen) atoms. The van der Waals surface area contributed by atoms with Gasteiger partial charge >= 0.3 is 0 Å². The summed E-state index contributed by atoms with van der Waals surface area (Å²) in [6, 6.07) is 16.3. The fraction of sp³-hybridized carbons (Fsp3) is 0.391. The van der Waals surface area contributed by atoms with Crippen molar-refractivity contribution in [2.75, 3.05) is 13.2 Å². The third-order valence-electron chi connectivity index (χ3n) is 4.51. The van der Waals surface area contributed by atoms with E-state index in [-0.39, 0.29) is 11.8 Å². The van der Waals surface area contributed by atoms with Crippen molar-refractivity contribution in [3.05, 3.63) is 65.2 Å². The zero-order chi connectivity index (χ0) is 21.1. The van der Waals surface area contributed by atoms with E-state index in [1.807, 2.05) is 55.5 Å². The van der Waals surface area contributed by atoms with E-state index >= 15 is 0 Å². The van der Waals surface area contributed by atoms with Crippen molar-refractivity contribution >= 4 is 23.4 Å². The van der Waals surface area contributed by atoms with E-state index in [1.165, 1.54) is 0 Å². The molecule has 0 saturated heterocycles. The molecule has 0 bridgehead atoms. The van der Waals surface area contributed by atoms with Crippen LogP contribution in [0.3, 0.4) is 0 Å². The van der Waals surface area contributed by atoms with Gasteiger partial charge in [-0.05, 0) is 49.6 Å². The number of hydrogen-bond donors (Lipinski definition) is 1. The van der Waals surface area contributed by atoms with E-state index in [0.29, 0.717) is 37.6 Å². The minimum atomic E-state index is -0.567. The van der Waals surface area contributed by atoms with Gasteiger partial charge in [-0.2, -0.15) is 0 Å². The van der Waals surface area contributed by atoms with E-state index in [1.54, 1.807) is 17.9 Å². The fourth-order valence-electron chi connectivity index (χ4n) is 2.88. The van der Waals surface area contributed by atoms with Crippen LogP contribution in [0.15, 0.2) is 54.6 Å². The van der Waals surface area contributed by atoms with E-state index in [0.717, 1.165) is 17.7 Å². The maximum Gasteiger partial charge on any atom is 0.242 e. The van der Waals surface area contributed by atoms with Gasteiger partial charge in [-0.1, -0.05) is 48.9 Å². The second-order valence-electron chi connectivity index (χ2n) is 6.88. The first-order valence-electron chi connectivity index (χ1n) is 10.0. The predicted molar refractivity (Wildman–Crippen MR) is 116 cm³/mol. The number of rotatable bonds is 11. The lowest BCUT2D eigenvalue weighted by Crippen LogP contribution is -2.47. The Kier molecular flexibility index (Phi) is 9.51. The van der Waals surface area contributed by atoms with Gasteiger partial charge < -0.3 is 15.0 Å². The molecule has 0 radical (unpaired) electrons. The van der Waals surface area contributed by atoms with Crippen molar-refractivity contribution in [2.45, 2.75) is 45.7 Å². The lowest BCUT2D eigenvalue weighted by molar-refractivity contribution is -0.140. The van der Waals surface area contributed by atoms with E-state index in [2.05, 4.69) is 5.32 Å². The van der Waals surface area contributed by atoms with Crippen molar-refractivity contribution in [3.8, 4) is 5.75 Å². The maximum absolute atomic E-state index is 12.9. The molecule has 5 nitrogen and oxygen atoms in total. The number of halogens is 1. The maximum atomic E-state index is 12.9. The molecule has 156 valence electrons. The van der Waals surface area contributed by atoms with Crippen molar-refractivity contribution in [2.24, 2.45) is 0 Å². The van der Waals surface area contributed by atoms with Crippen LogP contribution in [0.1, 0.15) is 38.7 Å². The molecule has 0 aliphatic heterocycles. The lowest BCUT2D eigenvalue weighted by Gasteiger charge is -2.29. The summed E-state index contributed by atoms with van der Waals surface area (Å²) in [5.41, 5.74) is 0.890. The summed E-state index contributed by atoms with van der Waals surface area (Å²) >= 11 is 6.08. The first kappa shape index (κ1) is 22.8. The summed E-state index contributed by atoms with van der Waals surface area (Å²) in [7, 11) is 0. The Labute approximate surface area is 178 Å². The molecular weight excluding hydrogens is 388 g/mol. The molecule has 0 spiro atoms. The molecule has 0 aliphatic rings. The lowest BCUT2D eigenvalue weighted by atomic mass is 10.1. The number of benzene rings is 2. The SMILES string of the molecule is CCCNC(=O)[C@H](C)N(Cc1cccc(Cl)c1)C(=O)CCCOc1ccccc1. The highest BCUT2D eigenvalue weighted by atomic mass is 35.5. The summed E-state index contributed by atoms with van der Waals surface area (Å²) in [6.45, 7) is 5.12. The van der Waals surface area contributed by atoms with Crippen LogP contribution in [0, 0.1) is 0 Å². The molecule has 2 aromatic rings. The monoisotopic (exact) mass is 416 g/mol. The average Bonchev–Trinajstić information content (AvgIpc) is 2.73. The number of carbonyl (C=O) groups is 2. The van der Waals surface area contributed by atoms with Gasteiger partial charge in [0.25, 0.3) is 0 Å². The number of amides is 2. The molecule has 0 aliphatic carbocycles. The first-order chi connectivity index (χ1) is 14.0. The smallest absolute Gasteiger partial charge is 0.242 e. The second-order valence-corrected chi connectivity index (χ2v) is 7.32. The van der Waals surface area contributed by atoms with Gasteiger partial charge in [0.1, 0.15) is 11.8 Å². The zero-order valence-electron chi connectivity index (χ0n) is 17.1. The Morgan fingerprint density at radius 3 is 2.59 bits per heavy atom. The molecule has 0 aromatic heterocycles. The fourth-order valence-corrected chi connectivity index (χ4v) is 3.10. The molecule has 0 saturated carbocycles. The van der Waals surface area contributed by atoms with Gasteiger partial charge in [0.15, 0.2) is 0 Å². The number of nitrogens with zero attached hydrogens (tertiary/aromatic N) is 1. The highest BCUT2D eigenvalue weighted by Gasteiger charge is 2.25. The molecule has 2 amide bonds. The number of para-hydroxylation sites is 1. The highest BCUT2D eigenvalue weighted by molar-refractivity contribution is 6.30. The van der Waals surface area contributed by atoms with Gasteiger partial charge in [-0.25, -0.2) is 0 Å². The van der Waals surface area contributed by atoms with Crippen LogP contribution in [0.2, 0.25) is 5.02 Å². The van der Waals surface area contributed by atoms with Gasteiger partial charge in [-0.15, -0.1) is 0 Å². The summed E-state index contributed by atoms with van der Waals surface area (Å²) in [5.74, 6) is 0.548.